The number of hydrogen-bond acceptors (Lipinski definition) is 2. The number of rotatable bonds is 4. The number of carbonyl (C=O) groups excluding carboxylic acids is 2. The SMILES string of the molecule is CCCCN1CC(=O)NC(C2CC2)C1=O. The Morgan fingerprint density at radius 1 is 1.40 bits per heavy atom. The molecule has 1 heterocycles. The molecule has 2 rings (SSSR count). The third kappa shape index (κ3) is 2.30. The van der Waals surface area contributed by atoms with Gasteiger partial charge in [0.15, 0.2) is 0 Å². The van der Waals surface area contributed by atoms with Crippen molar-refractivity contribution >= 4 is 11.8 Å². The number of piperazine rings is 1. The van der Waals surface area contributed by atoms with Gasteiger partial charge in [0, 0.05) is 6.54 Å². The molecule has 1 aliphatic carbocycles. The van der Waals surface area contributed by atoms with Crippen molar-refractivity contribution in [3.63, 3.8) is 0 Å². The fourth-order valence-corrected chi connectivity index (χ4v) is 2.02. The summed E-state index contributed by atoms with van der Waals surface area (Å²) in [5.74, 6) is 0.541. The van der Waals surface area contributed by atoms with Crippen molar-refractivity contribution in [3.05, 3.63) is 0 Å². The van der Waals surface area contributed by atoms with E-state index in [0.717, 1.165) is 32.2 Å². The summed E-state index contributed by atoms with van der Waals surface area (Å²) in [7, 11) is 0. The molecule has 1 aliphatic heterocycles. The number of carbonyl (C=O) groups is 2. The molecular formula is C11H18N2O2. The lowest BCUT2D eigenvalue weighted by Crippen LogP contribution is -2.58. The van der Waals surface area contributed by atoms with Crippen LogP contribution in [0, 0.1) is 5.92 Å². The Labute approximate surface area is 90.0 Å². The van der Waals surface area contributed by atoms with Gasteiger partial charge >= 0.3 is 0 Å². The van der Waals surface area contributed by atoms with Gasteiger partial charge in [0.05, 0.1) is 6.54 Å². The molecule has 1 N–H and O–H groups in total. The van der Waals surface area contributed by atoms with Crippen LogP contribution in [0.2, 0.25) is 0 Å². The van der Waals surface area contributed by atoms with Crippen molar-refractivity contribution in [3.8, 4) is 0 Å². The second-order valence-electron chi connectivity index (χ2n) is 4.50. The highest BCUT2D eigenvalue weighted by Crippen LogP contribution is 2.34. The maximum Gasteiger partial charge on any atom is 0.245 e. The molecular weight excluding hydrogens is 192 g/mol. The molecule has 0 radical (unpaired) electrons. The van der Waals surface area contributed by atoms with E-state index < -0.39 is 0 Å². The van der Waals surface area contributed by atoms with Crippen LogP contribution >= 0.6 is 0 Å². The van der Waals surface area contributed by atoms with Gasteiger partial charge in [-0.1, -0.05) is 13.3 Å². The summed E-state index contributed by atoms with van der Waals surface area (Å²) in [5, 5.41) is 2.80. The van der Waals surface area contributed by atoms with Crippen molar-refractivity contribution in [1.29, 1.82) is 0 Å². The lowest BCUT2D eigenvalue weighted by molar-refractivity contribution is -0.144. The maximum atomic E-state index is 12.0. The zero-order valence-corrected chi connectivity index (χ0v) is 9.16. The monoisotopic (exact) mass is 210 g/mol. The fourth-order valence-electron chi connectivity index (χ4n) is 2.02. The van der Waals surface area contributed by atoms with Crippen molar-refractivity contribution in [2.45, 2.75) is 38.6 Å². The molecule has 15 heavy (non-hydrogen) atoms. The Bertz CT molecular complexity index is 274. The predicted octanol–water partition coefficient (Wildman–Crippen LogP) is 0.523. The molecule has 2 amide bonds. The van der Waals surface area contributed by atoms with Gasteiger partial charge in [0.25, 0.3) is 0 Å². The molecule has 4 nitrogen and oxygen atoms in total. The second kappa shape index (κ2) is 4.21. The Morgan fingerprint density at radius 3 is 2.73 bits per heavy atom. The first-order valence-electron chi connectivity index (χ1n) is 5.80. The average Bonchev–Trinajstić information content (AvgIpc) is 3.02. The fraction of sp³-hybridized carbons (Fsp3) is 0.818. The molecule has 2 aliphatic rings. The highest BCUT2D eigenvalue weighted by Gasteiger charge is 2.42. The summed E-state index contributed by atoms with van der Waals surface area (Å²) in [6, 6.07) is -0.219. The summed E-state index contributed by atoms with van der Waals surface area (Å²) < 4.78 is 0. The van der Waals surface area contributed by atoms with Crippen LogP contribution < -0.4 is 5.32 Å². The van der Waals surface area contributed by atoms with E-state index in [-0.39, 0.29) is 24.4 Å². The Morgan fingerprint density at radius 2 is 2.13 bits per heavy atom. The lowest BCUT2D eigenvalue weighted by atomic mass is 10.1. The van der Waals surface area contributed by atoms with Gasteiger partial charge in [-0.2, -0.15) is 0 Å². The van der Waals surface area contributed by atoms with Gasteiger partial charge in [-0.3, -0.25) is 9.59 Å². The van der Waals surface area contributed by atoms with E-state index in [1.807, 2.05) is 0 Å². The van der Waals surface area contributed by atoms with Crippen LogP contribution in [0.3, 0.4) is 0 Å². The molecule has 1 saturated heterocycles. The first-order chi connectivity index (χ1) is 7.22. The molecule has 0 bridgehead atoms. The van der Waals surface area contributed by atoms with E-state index in [1.165, 1.54) is 0 Å². The van der Waals surface area contributed by atoms with Crippen LogP contribution in [0.4, 0.5) is 0 Å². The van der Waals surface area contributed by atoms with E-state index >= 15 is 0 Å². The van der Waals surface area contributed by atoms with Gasteiger partial charge in [-0.05, 0) is 25.2 Å². The van der Waals surface area contributed by atoms with Gasteiger partial charge < -0.3 is 10.2 Å². The van der Waals surface area contributed by atoms with Crippen LogP contribution in [0.1, 0.15) is 32.6 Å². The molecule has 1 saturated carbocycles. The molecule has 1 atom stereocenters. The van der Waals surface area contributed by atoms with Crippen molar-refractivity contribution in [2.24, 2.45) is 5.92 Å². The van der Waals surface area contributed by atoms with Crippen LogP contribution in [0.5, 0.6) is 0 Å². The molecule has 0 spiro atoms. The van der Waals surface area contributed by atoms with Gasteiger partial charge in [-0.15, -0.1) is 0 Å². The van der Waals surface area contributed by atoms with E-state index in [2.05, 4.69) is 12.2 Å². The molecule has 0 aromatic rings. The van der Waals surface area contributed by atoms with Gasteiger partial charge in [0.1, 0.15) is 6.04 Å². The number of unbranched alkanes of at least 4 members (excludes halogenated alkanes) is 1. The number of hydrogen-bond donors (Lipinski definition) is 1. The third-order valence-electron chi connectivity index (χ3n) is 3.10. The highest BCUT2D eigenvalue weighted by molar-refractivity contribution is 5.95. The van der Waals surface area contributed by atoms with E-state index in [0.29, 0.717) is 5.92 Å². The van der Waals surface area contributed by atoms with Crippen molar-refractivity contribution < 1.29 is 9.59 Å². The van der Waals surface area contributed by atoms with Crippen molar-refractivity contribution in [1.82, 2.24) is 10.2 Å². The van der Waals surface area contributed by atoms with Crippen LogP contribution in [-0.4, -0.2) is 35.8 Å². The first kappa shape index (κ1) is 10.5. The predicted molar refractivity (Wildman–Crippen MR) is 56.1 cm³/mol. The minimum Gasteiger partial charge on any atom is -0.342 e. The quantitative estimate of drug-likeness (QED) is 0.735. The Kier molecular flexibility index (Phi) is 2.93. The standard InChI is InChI=1S/C11H18N2O2/c1-2-3-6-13-7-9(14)12-10(11(13)15)8-4-5-8/h8,10H,2-7H2,1H3,(H,12,14). The summed E-state index contributed by atoms with van der Waals surface area (Å²) >= 11 is 0. The third-order valence-corrected chi connectivity index (χ3v) is 3.10. The van der Waals surface area contributed by atoms with Crippen LogP contribution in [0.25, 0.3) is 0 Å². The van der Waals surface area contributed by atoms with Gasteiger partial charge in [0.2, 0.25) is 11.8 Å². The zero-order chi connectivity index (χ0) is 10.8. The van der Waals surface area contributed by atoms with E-state index in [9.17, 15) is 9.59 Å². The first-order valence-corrected chi connectivity index (χ1v) is 5.80. The molecule has 4 heteroatoms. The maximum absolute atomic E-state index is 12.0. The molecule has 0 aromatic carbocycles. The van der Waals surface area contributed by atoms with E-state index in [1.54, 1.807) is 4.90 Å². The minimum atomic E-state index is -0.219. The molecule has 84 valence electrons. The second-order valence-corrected chi connectivity index (χ2v) is 4.50. The van der Waals surface area contributed by atoms with Crippen molar-refractivity contribution in [2.75, 3.05) is 13.1 Å². The largest absolute Gasteiger partial charge is 0.342 e. The number of amides is 2. The van der Waals surface area contributed by atoms with Crippen LogP contribution in [-0.2, 0) is 9.59 Å². The lowest BCUT2D eigenvalue weighted by Gasteiger charge is -2.32. The Hall–Kier alpha value is -1.06. The topological polar surface area (TPSA) is 49.4 Å². The molecule has 1 unspecified atom stereocenters. The normalized spacial score (nSPS) is 26.7. The Balaban J connectivity index is 1.97. The number of nitrogens with one attached hydrogen (secondary N) is 1. The van der Waals surface area contributed by atoms with Crippen LogP contribution in [0.15, 0.2) is 0 Å². The summed E-state index contributed by atoms with van der Waals surface area (Å²) in [4.78, 5) is 25.1. The zero-order valence-electron chi connectivity index (χ0n) is 9.16. The summed E-state index contributed by atoms with van der Waals surface area (Å²) in [5.41, 5.74) is 0. The summed E-state index contributed by atoms with van der Waals surface area (Å²) in [6.07, 6.45) is 4.20. The number of nitrogens with zero attached hydrogens (tertiary/aromatic N) is 1. The van der Waals surface area contributed by atoms with E-state index in [4.69, 9.17) is 0 Å². The molecule has 2 fully saturated rings. The summed E-state index contributed by atoms with van der Waals surface area (Å²) in [6.45, 7) is 3.07. The highest BCUT2D eigenvalue weighted by atomic mass is 16.2. The smallest absolute Gasteiger partial charge is 0.245 e. The van der Waals surface area contributed by atoms with Gasteiger partial charge in [-0.25, -0.2) is 0 Å². The average molecular weight is 210 g/mol. The molecule has 0 aromatic heterocycles. The minimum absolute atomic E-state index is 0.00241.